The van der Waals surface area contributed by atoms with Gasteiger partial charge in [0.05, 0.1) is 0 Å². The second-order valence-corrected chi connectivity index (χ2v) is 4.06. The van der Waals surface area contributed by atoms with Crippen molar-refractivity contribution < 1.29 is 4.79 Å². The van der Waals surface area contributed by atoms with Crippen molar-refractivity contribution in [3.05, 3.63) is 11.6 Å². The molecule has 0 radical (unpaired) electrons. The molecule has 14 heavy (non-hydrogen) atoms. The molecule has 0 unspecified atom stereocenters. The third-order valence-corrected chi connectivity index (χ3v) is 2.17. The summed E-state index contributed by atoms with van der Waals surface area (Å²) in [6, 6.07) is 0.695. The van der Waals surface area contributed by atoms with E-state index in [-0.39, 0.29) is 5.91 Å². The lowest BCUT2D eigenvalue weighted by Gasteiger charge is -2.03. The molecule has 1 rings (SSSR count). The largest absolute Gasteiger partial charge is 0.353 e. The van der Waals surface area contributed by atoms with Crippen LogP contribution in [-0.2, 0) is 4.79 Å². The van der Waals surface area contributed by atoms with E-state index in [1.807, 2.05) is 19.9 Å². The summed E-state index contributed by atoms with van der Waals surface area (Å²) in [4.78, 5) is 11.2. The SMILES string of the molecule is CC(C)=CCNC(=O)CCNC1CC1. The molecule has 0 spiro atoms. The van der Waals surface area contributed by atoms with Crippen LogP contribution in [0.4, 0.5) is 0 Å². The fraction of sp³-hybridized carbons (Fsp3) is 0.727. The Morgan fingerprint density at radius 2 is 2.14 bits per heavy atom. The monoisotopic (exact) mass is 196 g/mol. The van der Waals surface area contributed by atoms with Gasteiger partial charge >= 0.3 is 0 Å². The van der Waals surface area contributed by atoms with Crippen molar-refractivity contribution in [2.75, 3.05) is 13.1 Å². The van der Waals surface area contributed by atoms with Crippen molar-refractivity contribution in [3.8, 4) is 0 Å². The number of nitrogens with one attached hydrogen (secondary N) is 2. The quantitative estimate of drug-likeness (QED) is 0.627. The van der Waals surface area contributed by atoms with Crippen LogP contribution in [0.5, 0.6) is 0 Å². The van der Waals surface area contributed by atoms with E-state index in [0.717, 1.165) is 6.54 Å². The average Bonchev–Trinajstić information content (AvgIpc) is 2.87. The molecule has 80 valence electrons. The normalized spacial score (nSPS) is 15.0. The molecule has 1 saturated carbocycles. The molecule has 0 saturated heterocycles. The van der Waals surface area contributed by atoms with Gasteiger partial charge in [-0.25, -0.2) is 0 Å². The summed E-state index contributed by atoms with van der Waals surface area (Å²) in [6.45, 7) is 5.53. The highest BCUT2D eigenvalue weighted by atomic mass is 16.1. The molecule has 0 aliphatic heterocycles. The van der Waals surface area contributed by atoms with Gasteiger partial charge in [-0.3, -0.25) is 4.79 Å². The van der Waals surface area contributed by atoms with Crippen molar-refractivity contribution >= 4 is 5.91 Å². The highest BCUT2D eigenvalue weighted by Crippen LogP contribution is 2.18. The number of allylic oxidation sites excluding steroid dienone is 1. The topological polar surface area (TPSA) is 41.1 Å². The first-order valence-electron chi connectivity index (χ1n) is 5.32. The molecule has 0 aromatic rings. The number of carbonyl (C=O) groups is 1. The van der Waals surface area contributed by atoms with E-state index < -0.39 is 0 Å². The minimum Gasteiger partial charge on any atom is -0.353 e. The Balaban J connectivity index is 1.94. The summed E-state index contributed by atoms with van der Waals surface area (Å²) in [6.07, 6.45) is 5.16. The second kappa shape index (κ2) is 5.81. The molecule has 0 heterocycles. The van der Waals surface area contributed by atoms with Crippen LogP contribution < -0.4 is 10.6 Å². The Bertz CT molecular complexity index is 215. The molecule has 0 bridgehead atoms. The summed E-state index contributed by atoms with van der Waals surface area (Å²) in [7, 11) is 0. The minimum absolute atomic E-state index is 0.135. The molecular formula is C11H20N2O. The Kier molecular flexibility index (Phi) is 4.66. The number of hydrogen-bond donors (Lipinski definition) is 2. The molecule has 2 N–H and O–H groups in total. The van der Waals surface area contributed by atoms with Crippen molar-refractivity contribution in [1.82, 2.24) is 10.6 Å². The van der Waals surface area contributed by atoms with Crippen molar-refractivity contribution in [1.29, 1.82) is 0 Å². The van der Waals surface area contributed by atoms with Gasteiger partial charge in [-0.15, -0.1) is 0 Å². The lowest BCUT2D eigenvalue weighted by atomic mass is 10.3. The minimum atomic E-state index is 0.135. The van der Waals surface area contributed by atoms with E-state index in [1.165, 1.54) is 18.4 Å². The molecule has 1 fully saturated rings. The fourth-order valence-corrected chi connectivity index (χ4v) is 1.13. The van der Waals surface area contributed by atoms with Crippen LogP contribution >= 0.6 is 0 Å². The average molecular weight is 196 g/mol. The molecule has 0 atom stereocenters. The molecule has 3 nitrogen and oxygen atoms in total. The first kappa shape index (κ1) is 11.2. The van der Waals surface area contributed by atoms with E-state index >= 15 is 0 Å². The van der Waals surface area contributed by atoms with Crippen LogP contribution in [0.2, 0.25) is 0 Å². The van der Waals surface area contributed by atoms with E-state index in [4.69, 9.17) is 0 Å². The Morgan fingerprint density at radius 1 is 1.43 bits per heavy atom. The van der Waals surface area contributed by atoms with Crippen LogP contribution in [0.1, 0.15) is 33.1 Å². The Morgan fingerprint density at radius 3 is 2.71 bits per heavy atom. The van der Waals surface area contributed by atoms with E-state index in [9.17, 15) is 4.79 Å². The summed E-state index contributed by atoms with van der Waals surface area (Å²) in [5.74, 6) is 0.135. The lowest BCUT2D eigenvalue weighted by molar-refractivity contribution is -0.120. The summed E-state index contributed by atoms with van der Waals surface area (Å²) in [5, 5.41) is 6.16. The number of rotatable bonds is 6. The zero-order chi connectivity index (χ0) is 10.4. The first-order valence-corrected chi connectivity index (χ1v) is 5.32. The third-order valence-electron chi connectivity index (χ3n) is 2.17. The van der Waals surface area contributed by atoms with Gasteiger partial charge in [0.25, 0.3) is 0 Å². The van der Waals surface area contributed by atoms with E-state index in [1.54, 1.807) is 0 Å². The predicted octanol–water partition coefficient (Wildman–Crippen LogP) is 1.21. The van der Waals surface area contributed by atoms with Crippen molar-refractivity contribution in [2.24, 2.45) is 0 Å². The van der Waals surface area contributed by atoms with Crippen LogP contribution in [-0.4, -0.2) is 25.0 Å². The van der Waals surface area contributed by atoms with Gasteiger partial charge in [0, 0.05) is 25.6 Å². The smallest absolute Gasteiger partial charge is 0.221 e. The maximum Gasteiger partial charge on any atom is 0.221 e. The summed E-state index contributed by atoms with van der Waals surface area (Å²) in [5.41, 5.74) is 1.24. The van der Waals surface area contributed by atoms with Crippen LogP contribution in [0.25, 0.3) is 0 Å². The zero-order valence-corrected chi connectivity index (χ0v) is 9.10. The van der Waals surface area contributed by atoms with Crippen molar-refractivity contribution in [2.45, 2.75) is 39.2 Å². The Hall–Kier alpha value is -0.830. The van der Waals surface area contributed by atoms with Crippen LogP contribution in [0.3, 0.4) is 0 Å². The van der Waals surface area contributed by atoms with Gasteiger partial charge in [-0.1, -0.05) is 11.6 Å². The van der Waals surface area contributed by atoms with Gasteiger partial charge in [0.15, 0.2) is 0 Å². The van der Waals surface area contributed by atoms with Crippen LogP contribution in [0.15, 0.2) is 11.6 Å². The molecule has 0 aromatic heterocycles. The van der Waals surface area contributed by atoms with Crippen molar-refractivity contribution in [3.63, 3.8) is 0 Å². The highest BCUT2D eigenvalue weighted by molar-refractivity contribution is 5.76. The number of amides is 1. The maximum absolute atomic E-state index is 11.2. The molecule has 1 aliphatic carbocycles. The predicted molar refractivity (Wildman–Crippen MR) is 58.1 cm³/mol. The number of carbonyl (C=O) groups excluding carboxylic acids is 1. The molecular weight excluding hydrogens is 176 g/mol. The lowest BCUT2D eigenvalue weighted by Crippen LogP contribution is -2.28. The molecule has 3 heteroatoms. The van der Waals surface area contributed by atoms with Gasteiger partial charge in [-0.2, -0.15) is 0 Å². The molecule has 0 aromatic carbocycles. The molecule has 1 aliphatic rings. The second-order valence-electron chi connectivity index (χ2n) is 4.06. The summed E-state index contributed by atoms with van der Waals surface area (Å²) < 4.78 is 0. The maximum atomic E-state index is 11.2. The third kappa shape index (κ3) is 5.75. The van der Waals surface area contributed by atoms with E-state index in [0.29, 0.717) is 19.0 Å². The summed E-state index contributed by atoms with van der Waals surface area (Å²) >= 11 is 0. The number of hydrogen-bond acceptors (Lipinski definition) is 2. The zero-order valence-electron chi connectivity index (χ0n) is 9.10. The Labute approximate surface area is 86.0 Å². The van der Waals surface area contributed by atoms with Gasteiger partial charge in [0.1, 0.15) is 0 Å². The van der Waals surface area contributed by atoms with Crippen LogP contribution in [0, 0.1) is 0 Å². The van der Waals surface area contributed by atoms with Gasteiger partial charge in [-0.05, 0) is 26.7 Å². The van der Waals surface area contributed by atoms with E-state index in [2.05, 4.69) is 10.6 Å². The molecule has 1 amide bonds. The van der Waals surface area contributed by atoms with Gasteiger partial charge < -0.3 is 10.6 Å². The highest BCUT2D eigenvalue weighted by Gasteiger charge is 2.19. The fourth-order valence-electron chi connectivity index (χ4n) is 1.13. The first-order chi connectivity index (χ1) is 6.68. The standard InChI is InChI=1S/C11H20N2O/c1-9(2)5-7-13-11(14)6-8-12-10-3-4-10/h5,10,12H,3-4,6-8H2,1-2H3,(H,13,14). The van der Waals surface area contributed by atoms with Gasteiger partial charge in [0.2, 0.25) is 5.91 Å².